The highest BCUT2D eigenvalue weighted by atomic mass is 35.5. The number of amides is 1. The summed E-state index contributed by atoms with van der Waals surface area (Å²) in [5, 5.41) is 19.3. The maximum atomic E-state index is 12.3. The molecule has 2 aromatic carbocycles. The van der Waals surface area contributed by atoms with Gasteiger partial charge in [0.25, 0.3) is 0 Å². The van der Waals surface area contributed by atoms with Crippen LogP contribution in [0.3, 0.4) is 0 Å². The highest BCUT2D eigenvalue weighted by molar-refractivity contribution is 7.99. The Labute approximate surface area is 186 Å². The number of benzene rings is 2. The minimum Gasteiger partial charge on any atom is -0.497 e. The van der Waals surface area contributed by atoms with Crippen molar-refractivity contribution in [1.82, 2.24) is 25.1 Å². The second-order valence-corrected chi connectivity index (χ2v) is 7.80. The molecule has 158 valence electrons. The molecule has 4 rings (SSSR count). The van der Waals surface area contributed by atoms with Crippen molar-refractivity contribution in [3.05, 3.63) is 59.6 Å². The average Bonchev–Trinajstić information content (AvgIpc) is 3.40. The lowest BCUT2D eigenvalue weighted by molar-refractivity contribution is -0.113. The second-order valence-electron chi connectivity index (χ2n) is 6.42. The number of carbonyl (C=O) groups is 1. The Bertz CT molecular complexity index is 1210. The first kappa shape index (κ1) is 20.8. The number of hydrogen-bond acceptors (Lipinski definition) is 7. The van der Waals surface area contributed by atoms with Crippen molar-refractivity contribution < 1.29 is 9.53 Å². The summed E-state index contributed by atoms with van der Waals surface area (Å²) < 4.78 is 6.47. The van der Waals surface area contributed by atoms with Crippen LogP contribution in [0.5, 0.6) is 5.75 Å². The Morgan fingerprint density at radius 1 is 1.23 bits per heavy atom. The van der Waals surface area contributed by atoms with Crippen molar-refractivity contribution in [1.29, 1.82) is 0 Å². The standard InChI is InChI=1S/C20H18ClN7O2S/c1-30-15-4-2-3-14(9-15)23-18(29)11-31-20-27-26-19(28(20)22)17-10-16(24-25-17)12-5-7-13(21)8-6-12/h2-10H,11,22H2,1H3,(H,23,29)(H,24,25). The van der Waals surface area contributed by atoms with Crippen LogP contribution in [-0.4, -0.2) is 43.8 Å². The Kier molecular flexibility index (Phi) is 6.10. The summed E-state index contributed by atoms with van der Waals surface area (Å²) in [4.78, 5) is 12.3. The molecule has 0 spiro atoms. The largest absolute Gasteiger partial charge is 0.497 e. The Morgan fingerprint density at radius 2 is 2.03 bits per heavy atom. The average molecular weight is 456 g/mol. The van der Waals surface area contributed by atoms with Crippen molar-refractivity contribution in [3.63, 3.8) is 0 Å². The number of anilines is 1. The van der Waals surface area contributed by atoms with E-state index in [4.69, 9.17) is 22.2 Å². The van der Waals surface area contributed by atoms with Crippen molar-refractivity contribution in [2.24, 2.45) is 0 Å². The molecule has 11 heteroatoms. The number of rotatable bonds is 7. The van der Waals surface area contributed by atoms with Gasteiger partial charge in [0.2, 0.25) is 16.9 Å². The van der Waals surface area contributed by atoms with Gasteiger partial charge in [-0.3, -0.25) is 9.89 Å². The maximum Gasteiger partial charge on any atom is 0.234 e. The number of nitrogens with one attached hydrogen (secondary N) is 2. The van der Waals surface area contributed by atoms with E-state index < -0.39 is 0 Å². The molecule has 1 amide bonds. The van der Waals surface area contributed by atoms with E-state index in [1.54, 1.807) is 43.5 Å². The van der Waals surface area contributed by atoms with Gasteiger partial charge in [0.15, 0.2) is 0 Å². The van der Waals surface area contributed by atoms with Crippen LogP contribution in [0, 0.1) is 0 Å². The molecule has 2 heterocycles. The number of hydrogen-bond donors (Lipinski definition) is 3. The van der Waals surface area contributed by atoms with Crippen LogP contribution in [0.1, 0.15) is 0 Å². The molecule has 9 nitrogen and oxygen atoms in total. The molecule has 0 aliphatic heterocycles. The fourth-order valence-corrected chi connectivity index (χ4v) is 3.57. The highest BCUT2D eigenvalue weighted by Crippen LogP contribution is 2.25. The van der Waals surface area contributed by atoms with E-state index >= 15 is 0 Å². The predicted octanol–water partition coefficient (Wildman–Crippen LogP) is 3.44. The summed E-state index contributed by atoms with van der Waals surface area (Å²) >= 11 is 7.11. The Morgan fingerprint density at radius 3 is 2.81 bits per heavy atom. The summed E-state index contributed by atoms with van der Waals surface area (Å²) in [5.74, 6) is 7.12. The molecule has 0 atom stereocenters. The highest BCUT2D eigenvalue weighted by Gasteiger charge is 2.16. The molecule has 0 bridgehead atoms. The van der Waals surface area contributed by atoms with Gasteiger partial charge in [-0.1, -0.05) is 41.6 Å². The Hall–Kier alpha value is -3.50. The SMILES string of the molecule is COc1cccc(NC(=O)CSc2nnc(-c3cc(-c4ccc(Cl)cc4)n[nH]3)n2N)c1. The van der Waals surface area contributed by atoms with Crippen molar-refractivity contribution in [2.45, 2.75) is 5.16 Å². The van der Waals surface area contributed by atoms with E-state index in [1.165, 1.54) is 16.4 Å². The fraction of sp³-hybridized carbons (Fsp3) is 0.100. The van der Waals surface area contributed by atoms with Crippen molar-refractivity contribution >= 4 is 35.0 Å². The zero-order valence-electron chi connectivity index (χ0n) is 16.4. The van der Waals surface area contributed by atoms with E-state index in [2.05, 4.69) is 25.7 Å². The molecule has 0 fully saturated rings. The molecule has 0 aliphatic carbocycles. The van der Waals surface area contributed by atoms with Gasteiger partial charge in [-0.2, -0.15) is 5.10 Å². The molecule has 0 unspecified atom stereocenters. The van der Waals surface area contributed by atoms with E-state index in [0.29, 0.717) is 33.1 Å². The number of thioether (sulfide) groups is 1. The van der Waals surface area contributed by atoms with Gasteiger partial charge in [0.1, 0.15) is 11.4 Å². The first-order valence-electron chi connectivity index (χ1n) is 9.12. The molecule has 0 saturated carbocycles. The lowest BCUT2D eigenvalue weighted by Gasteiger charge is -2.06. The van der Waals surface area contributed by atoms with Crippen LogP contribution < -0.4 is 15.9 Å². The third-order valence-electron chi connectivity index (χ3n) is 4.31. The number of methoxy groups -OCH3 is 1. The molecule has 0 radical (unpaired) electrons. The molecule has 4 aromatic rings. The summed E-state index contributed by atoms with van der Waals surface area (Å²) in [7, 11) is 1.57. The molecule has 2 aromatic heterocycles. The summed E-state index contributed by atoms with van der Waals surface area (Å²) in [5.41, 5.74) is 2.88. The zero-order chi connectivity index (χ0) is 21.8. The fourth-order valence-electron chi connectivity index (χ4n) is 2.79. The number of H-pyrrole nitrogens is 1. The molecule has 31 heavy (non-hydrogen) atoms. The molecule has 0 saturated heterocycles. The van der Waals surface area contributed by atoms with Gasteiger partial charge in [0, 0.05) is 22.3 Å². The molecular formula is C20H18ClN7O2S. The number of nitrogen functional groups attached to an aromatic ring is 1. The van der Waals surface area contributed by atoms with Gasteiger partial charge in [0.05, 0.1) is 18.6 Å². The van der Waals surface area contributed by atoms with Crippen LogP contribution in [0.4, 0.5) is 5.69 Å². The topological polar surface area (TPSA) is 124 Å². The summed E-state index contributed by atoms with van der Waals surface area (Å²) in [6.45, 7) is 0. The third-order valence-corrected chi connectivity index (χ3v) is 5.50. The quantitative estimate of drug-likeness (QED) is 0.288. The monoisotopic (exact) mass is 455 g/mol. The number of carbonyl (C=O) groups excluding carboxylic acids is 1. The lowest BCUT2D eigenvalue weighted by atomic mass is 10.1. The van der Waals surface area contributed by atoms with Crippen molar-refractivity contribution in [3.8, 4) is 28.5 Å². The minimum absolute atomic E-state index is 0.117. The zero-order valence-corrected chi connectivity index (χ0v) is 17.9. The third kappa shape index (κ3) is 4.81. The number of aromatic amines is 1. The van der Waals surface area contributed by atoms with Gasteiger partial charge in [-0.15, -0.1) is 10.2 Å². The first-order chi connectivity index (χ1) is 15.0. The minimum atomic E-state index is -0.200. The predicted molar refractivity (Wildman–Crippen MR) is 121 cm³/mol. The van der Waals surface area contributed by atoms with Crippen LogP contribution >= 0.6 is 23.4 Å². The van der Waals surface area contributed by atoms with Crippen LogP contribution in [0.25, 0.3) is 22.8 Å². The van der Waals surface area contributed by atoms with Crippen LogP contribution in [-0.2, 0) is 4.79 Å². The molecule has 4 N–H and O–H groups in total. The summed E-state index contributed by atoms with van der Waals surface area (Å²) in [6, 6.07) is 16.3. The van der Waals surface area contributed by atoms with Crippen LogP contribution in [0.2, 0.25) is 5.02 Å². The molecular weight excluding hydrogens is 438 g/mol. The van der Waals surface area contributed by atoms with E-state index in [1.807, 2.05) is 18.2 Å². The number of ether oxygens (including phenoxy) is 1. The van der Waals surface area contributed by atoms with E-state index in [-0.39, 0.29) is 11.7 Å². The summed E-state index contributed by atoms with van der Waals surface area (Å²) in [6.07, 6.45) is 0. The van der Waals surface area contributed by atoms with E-state index in [0.717, 1.165) is 11.3 Å². The van der Waals surface area contributed by atoms with Gasteiger partial charge < -0.3 is 15.9 Å². The second kappa shape index (κ2) is 9.11. The lowest BCUT2D eigenvalue weighted by Crippen LogP contribution is -2.16. The van der Waals surface area contributed by atoms with Gasteiger partial charge in [-0.05, 0) is 30.3 Å². The normalized spacial score (nSPS) is 10.8. The van der Waals surface area contributed by atoms with Crippen molar-refractivity contribution in [2.75, 3.05) is 24.0 Å². The Balaban J connectivity index is 1.41. The molecule has 0 aliphatic rings. The number of nitrogens with zero attached hydrogens (tertiary/aromatic N) is 4. The number of aromatic nitrogens is 5. The smallest absolute Gasteiger partial charge is 0.234 e. The first-order valence-corrected chi connectivity index (χ1v) is 10.5. The van der Waals surface area contributed by atoms with Crippen LogP contribution in [0.15, 0.2) is 59.8 Å². The van der Waals surface area contributed by atoms with Gasteiger partial charge >= 0.3 is 0 Å². The maximum absolute atomic E-state index is 12.3. The van der Waals surface area contributed by atoms with E-state index in [9.17, 15) is 4.79 Å². The van der Waals surface area contributed by atoms with Gasteiger partial charge in [-0.25, -0.2) is 4.68 Å². The number of halogens is 1. The number of nitrogens with two attached hydrogens (primary N) is 1.